The van der Waals surface area contributed by atoms with E-state index < -0.39 is 0 Å². The first-order valence-electron chi connectivity index (χ1n) is 7.43. The monoisotopic (exact) mass is 261 g/mol. The molecule has 1 aromatic rings. The van der Waals surface area contributed by atoms with Gasteiger partial charge in [0.15, 0.2) is 0 Å². The van der Waals surface area contributed by atoms with Gasteiger partial charge >= 0.3 is 0 Å². The largest absolute Gasteiger partial charge is 0.393 e. The Hall–Kier alpha value is -0.860. The molecule has 2 N–H and O–H groups in total. The summed E-state index contributed by atoms with van der Waals surface area (Å²) in [5, 5.41) is 13.0. The summed E-state index contributed by atoms with van der Waals surface area (Å²) in [5.41, 5.74) is 2.95. The molecule has 106 valence electrons. The summed E-state index contributed by atoms with van der Waals surface area (Å²) in [5.74, 6) is 0.656. The van der Waals surface area contributed by atoms with Crippen molar-refractivity contribution in [2.24, 2.45) is 5.92 Å². The number of nitrogens with one attached hydrogen (secondary N) is 1. The van der Waals surface area contributed by atoms with E-state index in [1.807, 2.05) is 0 Å². The van der Waals surface area contributed by atoms with Gasteiger partial charge in [-0.25, -0.2) is 0 Å². The summed E-state index contributed by atoms with van der Waals surface area (Å²) in [6, 6.07) is 8.90. The molecular weight excluding hydrogens is 234 g/mol. The maximum atomic E-state index is 9.49. The molecule has 2 heteroatoms. The van der Waals surface area contributed by atoms with Crippen molar-refractivity contribution >= 4 is 0 Å². The Labute approximate surface area is 117 Å². The zero-order valence-electron chi connectivity index (χ0n) is 12.4. The highest BCUT2D eigenvalue weighted by atomic mass is 16.3. The highest BCUT2D eigenvalue weighted by Crippen LogP contribution is 2.25. The highest BCUT2D eigenvalue weighted by Gasteiger charge is 2.22. The number of benzene rings is 1. The second-order valence-electron chi connectivity index (χ2n) is 6.91. The van der Waals surface area contributed by atoms with E-state index in [0.29, 0.717) is 5.92 Å². The van der Waals surface area contributed by atoms with Gasteiger partial charge in [0, 0.05) is 6.54 Å². The van der Waals surface area contributed by atoms with E-state index in [4.69, 9.17) is 0 Å². The average Bonchev–Trinajstić information content (AvgIpc) is 2.75. The Balaban J connectivity index is 1.77. The number of hydrogen-bond donors (Lipinski definition) is 2. The molecule has 1 saturated carbocycles. The molecule has 0 saturated heterocycles. The lowest BCUT2D eigenvalue weighted by Crippen LogP contribution is -2.21. The lowest BCUT2D eigenvalue weighted by Gasteiger charge is -2.19. The van der Waals surface area contributed by atoms with Crippen LogP contribution in [0.25, 0.3) is 0 Å². The number of rotatable bonds is 4. The normalized spacial score (nSPS) is 23.8. The van der Waals surface area contributed by atoms with Crippen LogP contribution in [0.4, 0.5) is 0 Å². The molecule has 19 heavy (non-hydrogen) atoms. The van der Waals surface area contributed by atoms with Crippen LogP contribution in [-0.2, 0) is 12.0 Å². The molecule has 1 aliphatic carbocycles. The predicted molar refractivity (Wildman–Crippen MR) is 80.2 cm³/mol. The Morgan fingerprint density at radius 1 is 1.16 bits per heavy atom. The van der Waals surface area contributed by atoms with Crippen molar-refractivity contribution in [3.63, 3.8) is 0 Å². The standard InChI is InChI=1S/C17H27NO/c1-17(2,3)15-7-4-13(5-8-15)11-18-12-14-6-9-16(19)10-14/h4-5,7-8,14,16,18-19H,6,9-12H2,1-3H3. The smallest absolute Gasteiger partial charge is 0.0543 e. The van der Waals surface area contributed by atoms with Gasteiger partial charge in [-0.05, 0) is 48.3 Å². The van der Waals surface area contributed by atoms with Crippen LogP contribution in [0.1, 0.15) is 51.2 Å². The summed E-state index contributed by atoms with van der Waals surface area (Å²) in [6.45, 7) is 8.68. The van der Waals surface area contributed by atoms with E-state index in [2.05, 4.69) is 50.4 Å². The maximum Gasteiger partial charge on any atom is 0.0543 e. The molecule has 1 fully saturated rings. The van der Waals surface area contributed by atoms with Crippen molar-refractivity contribution in [2.75, 3.05) is 6.54 Å². The Kier molecular flexibility index (Phi) is 4.64. The van der Waals surface area contributed by atoms with Gasteiger partial charge in [-0.15, -0.1) is 0 Å². The molecule has 0 aliphatic heterocycles. The first kappa shape index (κ1) is 14.5. The molecule has 0 spiro atoms. The fraction of sp³-hybridized carbons (Fsp3) is 0.647. The van der Waals surface area contributed by atoms with Gasteiger partial charge in [0.25, 0.3) is 0 Å². The van der Waals surface area contributed by atoms with Crippen LogP contribution in [-0.4, -0.2) is 17.8 Å². The molecule has 0 aromatic heterocycles. The molecule has 0 bridgehead atoms. The third-order valence-corrected chi connectivity index (χ3v) is 4.10. The highest BCUT2D eigenvalue weighted by molar-refractivity contribution is 5.27. The first-order chi connectivity index (χ1) is 8.95. The van der Waals surface area contributed by atoms with Gasteiger partial charge < -0.3 is 10.4 Å². The second kappa shape index (κ2) is 6.06. The average molecular weight is 261 g/mol. The summed E-state index contributed by atoms with van der Waals surface area (Å²) >= 11 is 0. The number of aliphatic hydroxyl groups excluding tert-OH is 1. The van der Waals surface area contributed by atoms with Gasteiger partial charge in [0.05, 0.1) is 6.10 Å². The van der Waals surface area contributed by atoms with Gasteiger partial charge in [0.2, 0.25) is 0 Å². The molecule has 1 aromatic carbocycles. The Bertz CT molecular complexity index is 391. The van der Waals surface area contributed by atoms with Gasteiger partial charge in [0.1, 0.15) is 0 Å². The molecule has 1 aliphatic rings. The maximum absolute atomic E-state index is 9.49. The van der Waals surface area contributed by atoms with Crippen molar-refractivity contribution in [2.45, 2.75) is 58.1 Å². The fourth-order valence-corrected chi connectivity index (χ4v) is 2.78. The summed E-state index contributed by atoms with van der Waals surface area (Å²) < 4.78 is 0. The van der Waals surface area contributed by atoms with Crippen molar-refractivity contribution in [3.8, 4) is 0 Å². The van der Waals surface area contributed by atoms with Gasteiger partial charge in [-0.3, -0.25) is 0 Å². The van der Waals surface area contributed by atoms with E-state index in [1.54, 1.807) is 0 Å². The quantitative estimate of drug-likeness (QED) is 0.872. The van der Waals surface area contributed by atoms with Crippen LogP contribution >= 0.6 is 0 Å². The third-order valence-electron chi connectivity index (χ3n) is 4.10. The van der Waals surface area contributed by atoms with Crippen LogP contribution < -0.4 is 5.32 Å². The van der Waals surface area contributed by atoms with Crippen LogP contribution in [0.3, 0.4) is 0 Å². The first-order valence-corrected chi connectivity index (χ1v) is 7.43. The van der Waals surface area contributed by atoms with Crippen LogP contribution in [0.15, 0.2) is 24.3 Å². The molecule has 0 amide bonds. The lowest BCUT2D eigenvalue weighted by atomic mass is 9.87. The molecule has 2 rings (SSSR count). The van der Waals surface area contributed by atoms with E-state index >= 15 is 0 Å². The SMILES string of the molecule is CC(C)(C)c1ccc(CNCC2CCC(O)C2)cc1. The van der Waals surface area contributed by atoms with Crippen molar-refractivity contribution < 1.29 is 5.11 Å². The van der Waals surface area contributed by atoms with Crippen LogP contribution in [0.2, 0.25) is 0 Å². The molecule has 2 nitrogen and oxygen atoms in total. The van der Waals surface area contributed by atoms with Gasteiger partial charge in [-0.2, -0.15) is 0 Å². The van der Waals surface area contributed by atoms with Crippen molar-refractivity contribution in [3.05, 3.63) is 35.4 Å². The minimum Gasteiger partial charge on any atom is -0.393 e. The number of hydrogen-bond acceptors (Lipinski definition) is 2. The molecule has 0 heterocycles. The minimum absolute atomic E-state index is 0.0575. The summed E-state index contributed by atoms with van der Waals surface area (Å²) in [7, 11) is 0. The van der Waals surface area contributed by atoms with E-state index in [9.17, 15) is 5.11 Å². The van der Waals surface area contributed by atoms with Crippen molar-refractivity contribution in [1.29, 1.82) is 0 Å². The Morgan fingerprint density at radius 2 is 1.84 bits per heavy atom. The zero-order chi connectivity index (χ0) is 13.9. The van der Waals surface area contributed by atoms with E-state index in [-0.39, 0.29) is 11.5 Å². The molecular formula is C17H27NO. The van der Waals surface area contributed by atoms with Gasteiger partial charge in [-0.1, -0.05) is 45.0 Å². The molecule has 0 radical (unpaired) electrons. The van der Waals surface area contributed by atoms with E-state index in [0.717, 1.165) is 32.4 Å². The lowest BCUT2D eigenvalue weighted by molar-refractivity contribution is 0.177. The zero-order valence-corrected chi connectivity index (χ0v) is 12.4. The fourth-order valence-electron chi connectivity index (χ4n) is 2.78. The van der Waals surface area contributed by atoms with Crippen LogP contribution in [0.5, 0.6) is 0 Å². The topological polar surface area (TPSA) is 32.3 Å². The summed E-state index contributed by atoms with van der Waals surface area (Å²) in [6.07, 6.45) is 3.05. The van der Waals surface area contributed by atoms with E-state index in [1.165, 1.54) is 11.1 Å². The minimum atomic E-state index is -0.0575. The predicted octanol–water partition coefficient (Wildman–Crippen LogP) is 3.23. The Morgan fingerprint density at radius 3 is 2.37 bits per heavy atom. The van der Waals surface area contributed by atoms with Crippen LogP contribution in [0, 0.1) is 5.92 Å². The molecule has 2 unspecified atom stereocenters. The van der Waals surface area contributed by atoms with Crippen molar-refractivity contribution in [1.82, 2.24) is 5.32 Å². The number of aliphatic hydroxyl groups is 1. The summed E-state index contributed by atoms with van der Waals surface area (Å²) in [4.78, 5) is 0. The third kappa shape index (κ3) is 4.32. The molecule has 2 atom stereocenters. The second-order valence-corrected chi connectivity index (χ2v) is 6.91.